The Balaban J connectivity index is 1.81. The third-order valence-corrected chi connectivity index (χ3v) is 4.46. The molecule has 0 radical (unpaired) electrons. The fourth-order valence-electron chi connectivity index (χ4n) is 3.40. The second kappa shape index (κ2) is 4.60. The lowest BCUT2D eigenvalue weighted by atomic mass is 9.84. The van der Waals surface area contributed by atoms with Crippen LogP contribution < -0.4 is 11.1 Å². The summed E-state index contributed by atoms with van der Waals surface area (Å²) < 4.78 is 0. The molecule has 2 bridgehead atoms. The van der Waals surface area contributed by atoms with Crippen LogP contribution in [-0.4, -0.2) is 18.5 Å². The van der Waals surface area contributed by atoms with Crippen LogP contribution >= 0.6 is 0 Å². The van der Waals surface area contributed by atoms with Crippen LogP contribution in [0.4, 0.5) is 0 Å². The lowest BCUT2D eigenvalue weighted by Gasteiger charge is -2.27. The lowest BCUT2D eigenvalue weighted by Crippen LogP contribution is -2.45. The molecule has 0 aromatic carbocycles. The van der Waals surface area contributed by atoms with E-state index in [-0.39, 0.29) is 23.3 Å². The van der Waals surface area contributed by atoms with Crippen molar-refractivity contribution >= 4 is 5.91 Å². The third-order valence-electron chi connectivity index (χ3n) is 4.46. The second-order valence-electron chi connectivity index (χ2n) is 7.04. The van der Waals surface area contributed by atoms with E-state index < -0.39 is 0 Å². The van der Waals surface area contributed by atoms with Gasteiger partial charge in [-0.2, -0.15) is 0 Å². The Morgan fingerprint density at radius 3 is 2.47 bits per heavy atom. The van der Waals surface area contributed by atoms with E-state index in [0.717, 1.165) is 13.0 Å². The summed E-state index contributed by atoms with van der Waals surface area (Å²) >= 11 is 0. The van der Waals surface area contributed by atoms with Crippen LogP contribution in [0.5, 0.6) is 0 Å². The smallest absolute Gasteiger partial charge is 0.224 e. The zero-order valence-electron chi connectivity index (χ0n) is 11.3. The Labute approximate surface area is 105 Å². The van der Waals surface area contributed by atoms with Gasteiger partial charge in [0.25, 0.3) is 0 Å². The van der Waals surface area contributed by atoms with Crippen LogP contribution in [0, 0.1) is 23.2 Å². The van der Waals surface area contributed by atoms with Crippen molar-refractivity contribution < 1.29 is 4.79 Å². The van der Waals surface area contributed by atoms with Crippen molar-refractivity contribution in [3.63, 3.8) is 0 Å². The Kier molecular flexibility index (Phi) is 3.48. The van der Waals surface area contributed by atoms with Gasteiger partial charge in [0.15, 0.2) is 0 Å². The van der Waals surface area contributed by atoms with E-state index in [1.165, 1.54) is 19.3 Å². The minimum Gasteiger partial charge on any atom is -0.356 e. The Morgan fingerprint density at radius 1 is 1.29 bits per heavy atom. The number of carbonyl (C=O) groups excluding carboxylic acids is 1. The number of rotatable bonds is 3. The molecule has 2 fully saturated rings. The minimum absolute atomic E-state index is 0.0914. The highest BCUT2D eigenvalue weighted by atomic mass is 16.1. The summed E-state index contributed by atoms with van der Waals surface area (Å²) in [4.78, 5) is 12.1. The monoisotopic (exact) mass is 238 g/mol. The van der Waals surface area contributed by atoms with E-state index in [9.17, 15) is 4.79 Å². The molecule has 3 heteroatoms. The maximum atomic E-state index is 12.1. The summed E-state index contributed by atoms with van der Waals surface area (Å²) in [5.74, 6) is 1.46. The van der Waals surface area contributed by atoms with Gasteiger partial charge in [-0.15, -0.1) is 0 Å². The molecule has 3 nitrogen and oxygen atoms in total. The summed E-state index contributed by atoms with van der Waals surface area (Å²) in [6.45, 7) is 7.37. The van der Waals surface area contributed by atoms with Crippen LogP contribution in [0.2, 0.25) is 0 Å². The van der Waals surface area contributed by atoms with Gasteiger partial charge in [-0.05, 0) is 42.9 Å². The van der Waals surface area contributed by atoms with Crippen molar-refractivity contribution in [2.45, 2.75) is 52.5 Å². The molecule has 0 saturated heterocycles. The molecular formula is C14H26N2O. The normalized spacial score (nSPS) is 36.2. The average molecular weight is 238 g/mol. The van der Waals surface area contributed by atoms with Crippen LogP contribution in [0.25, 0.3) is 0 Å². The molecule has 0 aromatic rings. The second-order valence-corrected chi connectivity index (χ2v) is 7.04. The van der Waals surface area contributed by atoms with Crippen molar-refractivity contribution in [3.8, 4) is 0 Å². The first kappa shape index (κ1) is 12.9. The largest absolute Gasteiger partial charge is 0.356 e. The third kappa shape index (κ3) is 2.82. The highest BCUT2D eigenvalue weighted by molar-refractivity contribution is 5.80. The zero-order valence-corrected chi connectivity index (χ0v) is 11.3. The van der Waals surface area contributed by atoms with Crippen molar-refractivity contribution in [2.75, 3.05) is 6.54 Å². The molecule has 98 valence electrons. The number of carbonyl (C=O) groups is 1. The van der Waals surface area contributed by atoms with Gasteiger partial charge in [0.1, 0.15) is 0 Å². The molecule has 17 heavy (non-hydrogen) atoms. The number of nitrogens with two attached hydrogens (primary N) is 1. The van der Waals surface area contributed by atoms with Gasteiger partial charge in [0.2, 0.25) is 5.91 Å². The van der Waals surface area contributed by atoms with Gasteiger partial charge in [-0.1, -0.05) is 20.8 Å². The van der Waals surface area contributed by atoms with Crippen LogP contribution in [0.1, 0.15) is 46.5 Å². The number of amides is 1. The predicted octanol–water partition coefficient (Wildman–Crippen LogP) is 1.91. The van der Waals surface area contributed by atoms with Crippen molar-refractivity contribution in [1.29, 1.82) is 0 Å². The molecule has 2 aliphatic carbocycles. The van der Waals surface area contributed by atoms with E-state index in [1.807, 2.05) is 0 Å². The van der Waals surface area contributed by atoms with Gasteiger partial charge < -0.3 is 11.1 Å². The van der Waals surface area contributed by atoms with Crippen molar-refractivity contribution in [1.82, 2.24) is 5.32 Å². The van der Waals surface area contributed by atoms with E-state index in [1.54, 1.807) is 0 Å². The number of fused-ring (bicyclic) bond motifs is 2. The molecule has 1 amide bonds. The lowest BCUT2D eigenvalue weighted by molar-refractivity contribution is -0.127. The summed E-state index contributed by atoms with van der Waals surface area (Å²) in [6, 6.07) is 0.114. The molecule has 2 aliphatic rings. The maximum absolute atomic E-state index is 12.1. The van der Waals surface area contributed by atoms with E-state index in [4.69, 9.17) is 5.73 Å². The quantitative estimate of drug-likeness (QED) is 0.789. The molecule has 2 saturated carbocycles. The van der Waals surface area contributed by atoms with Crippen LogP contribution in [0.3, 0.4) is 0 Å². The summed E-state index contributed by atoms with van der Waals surface area (Å²) in [7, 11) is 0. The molecule has 0 aromatic heterocycles. The van der Waals surface area contributed by atoms with Crippen molar-refractivity contribution in [2.24, 2.45) is 28.9 Å². The van der Waals surface area contributed by atoms with E-state index >= 15 is 0 Å². The van der Waals surface area contributed by atoms with Gasteiger partial charge in [-0.25, -0.2) is 0 Å². The minimum atomic E-state index is 0.0914. The Morgan fingerprint density at radius 2 is 1.94 bits per heavy atom. The van der Waals surface area contributed by atoms with Gasteiger partial charge in [0, 0.05) is 12.6 Å². The van der Waals surface area contributed by atoms with Crippen LogP contribution in [-0.2, 0) is 4.79 Å². The Hall–Kier alpha value is -0.570. The predicted molar refractivity (Wildman–Crippen MR) is 69.4 cm³/mol. The topological polar surface area (TPSA) is 55.1 Å². The first-order valence-corrected chi connectivity index (χ1v) is 6.92. The number of nitrogens with one attached hydrogen (secondary N) is 1. The maximum Gasteiger partial charge on any atom is 0.224 e. The molecule has 0 heterocycles. The first-order valence-electron chi connectivity index (χ1n) is 6.92. The average Bonchev–Trinajstić information content (AvgIpc) is 2.75. The fraction of sp³-hybridized carbons (Fsp3) is 0.929. The molecule has 4 atom stereocenters. The van der Waals surface area contributed by atoms with E-state index in [2.05, 4.69) is 26.1 Å². The molecular weight excluding hydrogens is 212 g/mol. The number of hydrogen-bond acceptors (Lipinski definition) is 2. The first-order chi connectivity index (χ1) is 7.88. The van der Waals surface area contributed by atoms with Gasteiger partial charge >= 0.3 is 0 Å². The van der Waals surface area contributed by atoms with Gasteiger partial charge in [0.05, 0.1) is 5.92 Å². The molecule has 4 unspecified atom stereocenters. The Bertz CT molecular complexity index is 293. The summed E-state index contributed by atoms with van der Waals surface area (Å²) in [5.41, 5.74) is 6.44. The summed E-state index contributed by atoms with van der Waals surface area (Å²) in [6.07, 6.45) is 4.64. The molecule has 0 aliphatic heterocycles. The molecule has 0 spiro atoms. The molecule has 3 N–H and O–H groups in total. The van der Waals surface area contributed by atoms with Crippen LogP contribution in [0.15, 0.2) is 0 Å². The highest BCUT2D eigenvalue weighted by Crippen LogP contribution is 2.47. The van der Waals surface area contributed by atoms with Gasteiger partial charge in [-0.3, -0.25) is 4.79 Å². The van der Waals surface area contributed by atoms with Crippen molar-refractivity contribution in [3.05, 3.63) is 0 Å². The fourth-order valence-corrected chi connectivity index (χ4v) is 3.40. The standard InChI is InChI=1S/C14H26N2O/c1-14(2,3)6-7-16-13(17)11-9-4-5-10(8-9)12(11)15/h9-12H,4-8,15H2,1-3H3,(H,16,17). The van der Waals surface area contributed by atoms with E-state index in [0.29, 0.717) is 11.8 Å². The molecule has 2 rings (SSSR count). The summed E-state index contributed by atoms with van der Waals surface area (Å²) in [5, 5.41) is 3.08. The zero-order chi connectivity index (χ0) is 12.6. The highest BCUT2D eigenvalue weighted by Gasteiger charge is 2.48. The number of hydrogen-bond donors (Lipinski definition) is 2. The SMILES string of the molecule is CC(C)(C)CCNC(=O)C1C2CCC(C2)C1N.